The molecule has 13 heavy (non-hydrogen) atoms. The number of rotatable bonds is 4. The minimum absolute atomic E-state index is 0.327. The molecule has 1 rings (SSSR count). The molecule has 1 aromatic rings. The molecule has 0 atom stereocenters. The van der Waals surface area contributed by atoms with Gasteiger partial charge in [-0.25, -0.2) is 4.68 Å². The van der Waals surface area contributed by atoms with E-state index in [1.165, 1.54) is 6.42 Å². The summed E-state index contributed by atoms with van der Waals surface area (Å²) >= 11 is 0. The number of unbranched alkanes of at least 4 members (excludes halogenated alkanes) is 1. The number of aromatic nitrogens is 2. The Balaban J connectivity index is 2.82. The van der Waals surface area contributed by atoms with E-state index < -0.39 is 0 Å². The Bertz CT molecular complexity index is 279. The first kappa shape index (κ1) is 10.1. The molecule has 0 aromatic carbocycles. The molecule has 0 unspecified atom stereocenters. The van der Waals surface area contributed by atoms with Gasteiger partial charge in [0.25, 0.3) is 0 Å². The van der Waals surface area contributed by atoms with Crippen molar-refractivity contribution in [3.63, 3.8) is 0 Å². The van der Waals surface area contributed by atoms with E-state index in [0.717, 1.165) is 30.6 Å². The second kappa shape index (κ2) is 4.30. The summed E-state index contributed by atoms with van der Waals surface area (Å²) in [6, 6.07) is 0. The van der Waals surface area contributed by atoms with Crippen LogP contribution >= 0.6 is 0 Å². The monoisotopic (exact) mass is 182 g/mol. The van der Waals surface area contributed by atoms with Gasteiger partial charge in [-0.15, -0.1) is 0 Å². The largest absolute Gasteiger partial charge is 0.493 e. The topological polar surface area (TPSA) is 38.0 Å². The lowest BCUT2D eigenvalue weighted by Crippen LogP contribution is -1.96. The molecule has 0 saturated heterocycles. The van der Waals surface area contributed by atoms with E-state index >= 15 is 0 Å². The van der Waals surface area contributed by atoms with E-state index in [-0.39, 0.29) is 0 Å². The van der Waals surface area contributed by atoms with Crippen LogP contribution in [-0.4, -0.2) is 14.9 Å². The summed E-state index contributed by atoms with van der Waals surface area (Å²) in [4.78, 5) is 0. The van der Waals surface area contributed by atoms with E-state index in [4.69, 9.17) is 0 Å². The lowest BCUT2D eigenvalue weighted by atomic mass is 10.1. The zero-order valence-corrected chi connectivity index (χ0v) is 8.67. The SMILES string of the molecule is CCCCc1nn(CC)c(O)c1C. The average Bonchev–Trinajstić information content (AvgIpc) is 2.41. The van der Waals surface area contributed by atoms with Gasteiger partial charge in [0, 0.05) is 12.1 Å². The third-order valence-corrected chi connectivity index (χ3v) is 2.32. The van der Waals surface area contributed by atoms with Crippen LogP contribution in [0.1, 0.15) is 37.9 Å². The minimum atomic E-state index is 0.327. The highest BCUT2D eigenvalue weighted by atomic mass is 16.3. The van der Waals surface area contributed by atoms with Crippen molar-refractivity contribution >= 4 is 0 Å². The summed E-state index contributed by atoms with van der Waals surface area (Å²) in [6.45, 7) is 6.81. The first-order valence-electron chi connectivity index (χ1n) is 4.95. The van der Waals surface area contributed by atoms with Gasteiger partial charge in [-0.3, -0.25) is 0 Å². The molecule has 3 nitrogen and oxygen atoms in total. The molecule has 0 radical (unpaired) electrons. The van der Waals surface area contributed by atoms with Crippen LogP contribution in [0.3, 0.4) is 0 Å². The Morgan fingerprint density at radius 1 is 1.38 bits per heavy atom. The van der Waals surface area contributed by atoms with E-state index in [1.807, 2.05) is 13.8 Å². The van der Waals surface area contributed by atoms with Crippen LogP contribution in [0.25, 0.3) is 0 Å². The third kappa shape index (κ3) is 2.02. The quantitative estimate of drug-likeness (QED) is 0.775. The minimum Gasteiger partial charge on any atom is -0.493 e. The average molecular weight is 182 g/mol. The molecule has 0 bridgehead atoms. The lowest BCUT2D eigenvalue weighted by Gasteiger charge is -1.95. The molecule has 0 aliphatic heterocycles. The predicted molar refractivity (Wildman–Crippen MR) is 52.9 cm³/mol. The maximum atomic E-state index is 9.62. The third-order valence-electron chi connectivity index (χ3n) is 2.32. The second-order valence-corrected chi connectivity index (χ2v) is 3.31. The molecule has 0 spiro atoms. The van der Waals surface area contributed by atoms with Gasteiger partial charge >= 0.3 is 0 Å². The van der Waals surface area contributed by atoms with Crippen molar-refractivity contribution in [1.29, 1.82) is 0 Å². The maximum absolute atomic E-state index is 9.62. The van der Waals surface area contributed by atoms with Gasteiger partial charge < -0.3 is 5.11 Å². The first-order chi connectivity index (χ1) is 6.20. The van der Waals surface area contributed by atoms with E-state index in [1.54, 1.807) is 4.68 Å². The fourth-order valence-electron chi connectivity index (χ4n) is 1.39. The summed E-state index contributed by atoms with van der Waals surface area (Å²) in [5.41, 5.74) is 1.98. The molecule has 0 aliphatic carbocycles. The van der Waals surface area contributed by atoms with E-state index in [9.17, 15) is 5.11 Å². The highest BCUT2D eigenvalue weighted by Crippen LogP contribution is 2.20. The molecule has 1 aromatic heterocycles. The zero-order valence-electron chi connectivity index (χ0n) is 8.67. The number of hydrogen-bond donors (Lipinski definition) is 1. The number of nitrogens with zero attached hydrogens (tertiary/aromatic N) is 2. The van der Waals surface area contributed by atoms with Gasteiger partial charge in [-0.05, 0) is 26.7 Å². The van der Waals surface area contributed by atoms with E-state index in [2.05, 4.69) is 12.0 Å². The fourth-order valence-corrected chi connectivity index (χ4v) is 1.39. The van der Waals surface area contributed by atoms with Crippen molar-refractivity contribution in [3.8, 4) is 5.88 Å². The Labute approximate surface area is 79.4 Å². The van der Waals surface area contributed by atoms with Crippen molar-refractivity contribution in [1.82, 2.24) is 9.78 Å². The molecular weight excluding hydrogens is 164 g/mol. The molecular formula is C10H18N2O. The number of hydrogen-bond acceptors (Lipinski definition) is 2. The maximum Gasteiger partial charge on any atom is 0.212 e. The number of aryl methyl sites for hydroxylation is 2. The van der Waals surface area contributed by atoms with Gasteiger partial charge in [0.2, 0.25) is 5.88 Å². The standard InChI is InChI=1S/C10H18N2O/c1-4-6-7-9-8(3)10(13)12(5-2)11-9/h13H,4-7H2,1-3H3. The van der Waals surface area contributed by atoms with Crippen LogP contribution in [0, 0.1) is 6.92 Å². The van der Waals surface area contributed by atoms with Crippen LogP contribution in [0.2, 0.25) is 0 Å². The predicted octanol–water partition coefficient (Wildman–Crippen LogP) is 2.26. The smallest absolute Gasteiger partial charge is 0.212 e. The Morgan fingerprint density at radius 2 is 2.08 bits per heavy atom. The van der Waals surface area contributed by atoms with Crippen LogP contribution in [0.5, 0.6) is 5.88 Å². The van der Waals surface area contributed by atoms with Gasteiger partial charge in [0.15, 0.2) is 0 Å². The molecule has 0 fully saturated rings. The Morgan fingerprint density at radius 3 is 2.54 bits per heavy atom. The Hall–Kier alpha value is -0.990. The summed E-state index contributed by atoms with van der Waals surface area (Å²) in [5, 5.41) is 14.0. The molecule has 0 saturated carbocycles. The van der Waals surface area contributed by atoms with Crippen LogP contribution < -0.4 is 0 Å². The van der Waals surface area contributed by atoms with Gasteiger partial charge in [0.1, 0.15) is 0 Å². The summed E-state index contributed by atoms with van der Waals surface area (Å²) in [6.07, 6.45) is 3.28. The molecule has 1 N–H and O–H groups in total. The molecule has 1 heterocycles. The summed E-state index contributed by atoms with van der Waals surface area (Å²) < 4.78 is 1.65. The Kier molecular flexibility index (Phi) is 3.34. The van der Waals surface area contributed by atoms with Gasteiger partial charge in [0.05, 0.1) is 5.69 Å². The van der Waals surface area contributed by atoms with Crippen molar-refractivity contribution in [2.24, 2.45) is 0 Å². The summed E-state index contributed by atoms with van der Waals surface area (Å²) in [7, 11) is 0. The number of aromatic hydroxyl groups is 1. The summed E-state index contributed by atoms with van der Waals surface area (Å²) in [5.74, 6) is 0.327. The van der Waals surface area contributed by atoms with Gasteiger partial charge in [-0.1, -0.05) is 13.3 Å². The van der Waals surface area contributed by atoms with Crippen LogP contribution in [-0.2, 0) is 13.0 Å². The zero-order chi connectivity index (χ0) is 9.84. The molecule has 0 aliphatic rings. The highest BCUT2D eigenvalue weighted by Gasteiger charge is 2.10. The lowest BCUT2D eigenvalue weighted by molar-refractivity contribution is 0.402. The van der Waals surface area contributed by atoms with E-state index in [0.29, 0.717) is 5.88 Å². The normalized spacial score (nSPS) is 10.7. The van der Waals surface area contributed by atoms with Crippen molar-refractivity contribution in [3.05, 3.63) is 11.3 Å². The molecule has 0 amide bonds. The van der Waals surface area contributed by atoms with Crippen molar-refractivity contribution in [2.45, 2.75) is 46.6 Å². The van der Waals surface area contributed by atoms with Crippen LogP contribution in [0.4, 0.5) is 0 Å². The molecule has 74 valence electrons. The fraction of sp³-hybridized carbons (Fsp3) is 0.700. The van der Waals surface area contributed by atoms with Gasteiger partial charge in [-0.2, -0.15) is 5.10 Å². The first-order valence-corrected chi connectivity index (χ1v) is 4.95. The van der Waals surface area contributed by atoms with Crippen LogP contribution in [0.15, 0.2) is 0 Å². The highest BCUT2D eigenvalue weighted by molar-refractivity contribution is 5.28. The second-order valence-electron chi connectivity index (χ2n) is 3.31. The van der Waals surface area contributed by atoms with Crippen molar-refractivity contribution < 1.29 is 5.11 Å². The molecule has 3 heteroatoms. The van der Waals surface area contributed by atoms with Crippen molar-refractivity contribution in [2.75, 3.05) is 0 Å².